The molecule has 0 spiro atoms. The van der Waals surface area contributed by atoms with Crippen molar-refractivity contribution in [3.63, 3.8) is 0 Å². The molecule has 0 aliphatic heterocycles. The largest absolute Gasteiger partial charge is 0.340 e. The quantitative estimate of drug-likeness (QED) is 0.189. The van der Waals surface area contributed by atoms with Crippen molar-refractivity contribution in [3.05, 3.63) is 59.7 Å². The lowest BCUT2D eigenvalue weighted by Gasteiger charge is -2.08. The van der Waals surface area contributed by atoms with Crippen LogP contribution in [0.4, 0.5) is 0 Å². The van der Waals surface area contributed by atoms with E-state index in [9.17, 15) is 9.59 Å². The van der Waals surface area contributed by atoms with Gasteiger partial charge in [0.05, 0.1) is 0 Å². The van der Waals surface area contributed by atoms with Crippen LogP contribution in [0.2, 0.25) is 0 Å². The monoisotopic (exact) mass is 441 g/mol. The summed E-state index contributed by atoms with van der Waals surface area (Å²) in [6.07, 6.45) is 4.82. The minimum absolute atomic E-state index is 0.0918. The molecule has 0 bridgehead atoms. The van der Waals surface area contributed by atoms with E-state index in [2.05, 4.69) is 41.8 Å². The van der Waals surface area contributed by atoms with Gasteiger partial charge in [-0.15, -0.1) is 11.3 Å². The number of Topliss-reactive ketones (excluding diaryl/α,β-unsaturated/α-hetero) is 2. The van der Waals surface area contributed by atoms with Gasteiger partial charge < -0.3 is 4.57 Å². The molecular weight excluding hydrogens is 414 g/mol. The molecule has 0 aliphatic rings. The molecule has 3 aromatic carbocycles. The second kappa shape index (κ2) is 8.18. The Bertz CT molecular complexity index is 1520. The van der Waals surface area contributed by atoms with Gasteiger partial charge in [0.25, 0.3) is 0 Å². The van der Waals surface area contributed by atoms with Crippen LogP contribution in [0.15, 0.2) is 48.5 Å². The Balaban J connectivity index is 1.79. The molecule has 0 aliphatic carbocycles. The normalized spacial score (nSPS) is 11.8. The summed E-state index contributed by atoms with van der Waals surface area (Å²) in [4.78, 5) is 24.0. The molecule has 2 heterocycles. The molecule has 32 heavy (non-hydrogen) atoms. The van der Waals surface area contributed by atoms with Crippen molar-refractivity contribution in [1.29, 1.82) is 0 Å². The summed E-state index contributed by atoms with van der Waals surface area (Å²) in [6, 6.07) is 16.7. The van der Waals surface area contributed by atoms with Crippen molar-refractivity contribution >= 4 is 64.9 Å². The molecule has 5 rings (SSSR count). The molecule has 4 heteroatoms. The SMILES string of the molecule is CCCCCCn1c2ccc(C(C)=O)cc2c2cc3sc4ccc(C(C)=O)cc4c3cc21. The summed E-state index contributed by atoms with van der Waals surface area (Å²) >= 11 is 1.76. The van der Waals surface area contributed by atoms with Crippen molar-refractivity contribution < 1.29 is 9.59 Å². The fraction of sp³-hybridized carbons (Fsp3) is 0.286. The number of nitrogens with zero attached hydrogens (tertiary/aromatic N) is 1. The van der Waals surface area contributed by atoms with E-state index < -0.39 is 0 Å². The van der Waals surface area contributed by atoms with Crippen LogP contribution < -0.4 is 0 Å². The molecule has 2 aromatic heterocycles. The molecule has 0 saturated heterocycles. The summed E-state index contributed by atoms with van der Waals surface area (Å²) in [5.41, 5.74) is 3.90. The highest BCUT2D eigenvalue weighted by Crippen LogP contribution is 2.40. The highest BCUT2D eigenvalue weighted by atomic mass is 32.1. The first-order valence-electron chi connectivity index (χ1n) is 11.4. The third-order valence-electron chi connectivity index (χ3n) is 6.50. The maximum absolute atomic E-state index is 12.1. The van der Waals surface area contributed by atoms with Crippen LogP contribution in [0, 0.1) is 0 Å². The number of carbonyl (C=O) groups is 2. The molecular formula is C28H27NO2S. The van der Waals surface area contributed by atoms with E-state index in [-0.39, 0.29) is 11.6 Å². The van der Waals surface area contributed by atoms with E-state index in [4.69, 9.17) is 0 Å². The number of hydrogen-bond acceptors (Lipinski definition) is 3. The number of carbonyl (C=O) groups excluding carboxylic acids is 2. The van der Waals surface area contributed by atoms with Crippen molar-refractivity contribution in [2.45, 2.75) is 53.0 Å². The Morgan fingerprint density at radius 2 is 1.38 bits per heavy atom. The number of ketones is 2. The predicted molar refractivity (Wildman–Crippen MR) is 136 cm³/mol. The lowest BCUT2D eigenvalue weighted by Crippen LogP contribution is -1.98. The molecule has 0 atom stereocenters. The van der Waals surface area contributed by atoms with Gasteiger partial charge in [-0.05, 0) is 68.8 Å². The number of aryl methyl sites for hydroxylation is 1. The summed E-state index contributed by atoms with van der Waals surface area (Å²) in [5.74, 6) is 0.185. The van der Waals surface area contributed by atoms with Crippen LogP contribution in [0.1, 0.15) is 67.2 Å². The second-order valence-electron chi connectivity index (χ2n) is 8.74. The highest BCUT2D eigenvalue weighted by Gasteiger charge is 2.16. The molecule has 3 nitrogen and oxygen atoms in total. The lowest BCUT2D eigenvalue weighted by molar-refractivity contribution is 0.100. The first kappa shape index (κ1) is 20.9. The number of hydrogen-bond donors (Lipinski definition) is 0. The van der Waals surface area contributed by atoms with Gasteiger partial charge in [-0.2, -0.15) is 0 Å². The van der Waals surface area contributed by atoms with Gasteiger partial charge in [-0.25, -0.2) is 0 Å². The van der Waals surface area contributed by atoms with Gasteiger partial charge in [0.1, 0.15) is 0 Å². The molecule has 0 fully saturated rings. The van der Waals surface area contributed by atoms with E-state index in [1.165, 1.54) is 50.5 Å². The maximum atomic E-state index is 12.1. The molecule has 0 amide bonds. The summed E-state index contributed by atoms with van der Waals surface area (Å²) in [7, 11) is 0. The average Bonchev–Trinajstić information content (AvgIpc) is 3.29. The third-order valence-corrected chi connectivity index (χ3v) is 7.64. The van der Waals surface area contributed by atoms with Gasteiger partial charge >= 0.3 is 0 Å². The van der Waals surface area contributed by atoms with Crippen LogP contribution in [-0.2, 0) is 6.54 Å². The van der Waals surface area contributed by atoms with Crippen LogP contribution in [-0.4, -0.2) is 16.1 Å². The van der Waals surface area contributed by atoms with E-state index in [1.807, 2.05) is 18.2 Å². The molecule has 0 saturated carbocycles. The Morgan fingerprint density at radius 1 is 0.719 bits per heavy atom. The standard InChI is InChI=1S/C28H27NO2S/c1-4-5-6-7-12-29-25-10-8-19(17(2)30)13-21(25)22-16-28-24(15-26(22)29)23-14-20(18(3)31)9-11-27(23)32-28/h8-11,13-16H,4-7,12H2,1-3H3. The van der Waals surface area contributed by atoms with Gasteiger partial charge in [-0.3, -0.25) is 9.59 Å². The summed E-state index contributed by atoms with van der Waals surface area (Å²) in [6.45, 7) is 6.44. The zero-order chi connectivity index (χ0) is 22.4. The lowest BCUT2D eigenvalue weighted by atomic mass is 10.0. The summed E-state index contributed by atoms with van der Waals surface area (Å²) in [5, 5.41) is 4.69. The third kappa shape index (κ3) is 3.43. The van der Waals surface area contributed by atoms with E-state index in [1.54, 1.807) is 25.2 Å². The smallest absolute Gasteiger partial charge is 0.159 e. The first-order chi connectivity index (χ1) is 15.5. The second-order valence-corrected chi connectivity index (χ2v) is 9.82. The number of thiophene rings is 1. The van der Waals surface area contributed by atoms with Gasteiger partial charge in [0.15, 0.2) is 11.6 Å². The molecule has 5 aromatic rings. The van der Waals surface area contributed by atoms with Crippen LogP contribution in [0.3, 0.4) is 0 Å². The first-order valence-corrected chi connectivity index (χ1v) is 12.2. The van der Waals surface area contributed by atoms with Crippen molar-refractivity contribution in [3.8, 4) is 0 Å². The van der Waals surface area contributed by atoms with Crippen LogP contribution >= 0.6 is 11.3 Å². The number of benzene rings is 3. The Labute approximate surface area is 191 Å². The van der Waals surface area contributed by atoms with Crippen LogP contribution in [0.25, 0.3) is 42.0 Å². The number of aromatic nitrogens is 1. The minimum Gasteiger partial charge on any atom is -0.340 e. The molecule has 0 radical (unpaired) electrons. The average molecular weight is 442 g/mol. The zero-order valence-electron chi connectivity index (χ0n) is 18.8. The summed E-state index contributed by atoms with van der Waals surface area (Å²) < 4.78 is 4.83. The Hall–Kier alpha value is -2.98. The van der Waals surface area contributed by atoms with Crippen molar-refractivity contribution in [2.75, 3.05) is 0 Å². The van der Waals surface area contributed by atoms with E-state index >= 15 is 0 Å². The number of fused-ring (bicyclic) bond motifs is 6. The Kier molecular flexibility index (Phi) is 5.34. The number of unbranched alkanes of at least 4 members (excludes halogenated alkanes) is 3. The Morgan fingerprint density at radius 3 is 2.09 bits per heavy atom. The fourth-order valence-corrected chi connectivity index (χ4v) is 5.85. The zero-order valence-corrected chi connectivity index (χ0v) is 19.6. The van der Waals surface area contributed by atoms with E-state index in [0.717, 1.165) is 34.9 Å². The van der Waals surface area contributed by atoms with E-state index in [0.29, 0.717) is 0 Å². The molecule has 0 unspecified atom stereocenters. The number of rotatable bonds is 7. The molecule has 162 valence electrons. The fourth-order valence-electron chi connectivity index (χ4n) is 4.74. The van der Waals surface area contributed by atoms with Gasteiger partial charge in [-0.1, -0.05) is 26.2 Å². The van der Waals surface area contributed by atoms with Crippen molar-refractivity contribution in [1.82, 2.24) is 4.57 Å². The van der Waals surface area contributed by atoms with Crippen LogP contribution in [0.5, 0.6) is 0 Å². The van der Waals surface area contributed by atoms with Gasteiger partial charge in [0, 0.05) is 59.6 Å². The maximum Gasteiger partial charge on any atom is 0.159 e. The van der Waals surface area contributed by atoms with Crippen molar-refractivity contribution in [2.24, 2.45) is 0 Å². The highest BCUT2D eigenvalue weighted by molar-refractivity contribution is 7.25. The predicted octanol–water partition coefficient (Wildman–Crippen LogP) is 8.15. The van der Waals surface area contributed by atoms with Gasteiger partial charge in [0.2, 0.25) is 0 Å². The molecule has 0 N–H and O–H groups in total. The minimum atomic E-state index is 0.0918. The topological polar surface area (TPSA) is 39.1 Å².